The Morgan fingerprint density at radius 1 is 1.07 bits per heavy atom. The Balaban J connectivity index is 1.34. The van der Waals surface area contributed by atoms with Gasteiger partial charge in [-0.1, -0.05) is 30.3 Å². The van der Waals surface area contributed by atoms with Crippen molar-refractivity contribution in [3.63, 3.8) is 0 Å². The molecule has 1 heterocycles. The predicted molar refractivity (Wildman–Crippen MR) is 107 cm³/mol. The first-order valence-electron chi connectivity index (χ1n) is 11.2. The van der Waals surface area contributed by atoms with Crippen LogP contribution in [0.1, 0.15) is 56.9 Å². The van der Waals surface area contributed by atoms with E-state index in [0.29, 0.717) is 12.0 Å². The van der Waals surface area contributed by atoms with Crippen molar-refractivity contribution in [1.82, 2.24) is 10.6 Å². The number of carbonyl (C=O) groups excluding carboxylic acids is 1. The summed E-state index contributed by atoms with van der Waals surface area (Å²) >= 11 is 0. The molecular formula is C24H31FN2O. The number of alkyl halides is 1. The third-order valence-electron chi connectivity index (χ3n) is 8.98. The molecule has 0 spiro atoms. The lowest BCUT2D eigenvalue weighted by Crippen LogP contribution is -2.64. The van der Waals surface area contributed by atoms with Crippen LogP contribution in [0.4, 0.5) is 4.39 Å². The second-order valence-corrected chi connectivity index (χ2v) is 11.0. The van der Waals surface area contributed by atoms with Gasteiger partial charge in [0, 0.05) is 17.5 Å². The first kappa shape index (κ1) is 17.4. The number of hydrogen-bond donors (Lipinski definition) is 2. The topological polar surface area (TPSA) is 41.1 Å². The van der Waals surface area contributed by atoms with Gasteiger partial charge in [-0.3, -0.25) is 9.18 Å². The summed E-state index contributed by atoms with van der Waals surface area (Å²) in [6.07, 6.45) is 7.95. The summed E-state index contributed by atoms with van der Waals surface area (Å²) in [5.74, 6) is 1.43. The fourth-order valence-corrected chi connectivity index (χ4v) is 8.49. The van der Waals surface area contributed by atoms with E-state index in [0.717, 1.165) is 57.4 Å². The molecule has 28 heavy (non-hydrogen) atoms. The Hall–Kier alpha value is -1.42. The van der Waals surface area contributed by atoms with Crippen LogP contribution in [0.3, 0.4) is 0 Å². The van der Waals surface area contributed by atoms with Crippen molar-refractivity contribution < 1.29 is 9.18 Å². The van der Waals surface area contributed by atoms with E-state index < -0.39 is 0 Å². The van der Waals surface area contributed by atoms with Crippen LogP contribution < -0.4 is 10.6 Å². The van der Waals surface area contributed by atoms with E-state index in [2.05, 4.69) is 41.0 Å². The highest BCUT2D eigenvalue weighted by molar-refractivity contribution is 5.84. The molecule has 1 amide bonds. The molecule has 0 radical (unpaired) electrons. The Kier molecular flexibility index (Phi) is 3.62. The molecule has 1 saturated heterocycles. The molecule has 7 atom stereocenters. The predicted octanol–water partition coefficient (Wildman–Crippen LogP) is 3.73. The summed E-state index contributed by atoms with van der Waals surface area (Å²) in [5.41, 5.74) is 0.649. The number of carbonyl (C=O) groups is 1. The van der Waals surface area contributed by atoms with Crippen molar-refractivity contribution in [2.24, 2.45) is 22.7 Å². The van der Waals surface area contributed by atoms with E-state index in [4.69, 9.17) is 0 Å². The van der Waals surface area contributed by atoms with Gasteiger partial charge in [0.15, 0.2) is 0 Å². The zero-order chi connectivity index (χ0) is 19.0. The van der Waals surface area contributed by atoms with Gasteiger partial charge in [0.2, 0.25) is 5.91 Å². The van der Waals surface area contributed by atoms with E-state index in [1.807, 2.05) is 0 Å². The van der Waals surface area contributed by atoms with E-state index in [1.54, 1.807) is 0 Å². The second kappa shape index (κ2) is 5.81. The van der Waals surface area contributed by atoms with Crippen LogP contribution in [0, 0.1) is 22.7 Å². The number of nitrogens with one attached hydrogen (secondary N) is 2. The van der Waals surface area contributed by atoms with Crippen molar-refractivity contribution in [3.8, 4) is 0 Å². The van der Waals surface area contributed by atoms with Crippen LogP contribution >= 0.6 is 0 Å². The van der Waals surface area contributed by atoms with Crippen molar-refractivity contribution in [2.75, 3.05) is 13.2 Å². The summed E-state index contributed by atoms with van der Waals surface area (Å²) in [6.45, 7) is 0.829. The summed E-state index contributed by atoms with van der Waals surface area (Å²) in [7, 11) is 0. The number of piperidine rings is 1. The van der Waals surface area contributed by atoms with Crippen LogP contribution in [0.5, 0.6) is 0 Å². The molecule has 5 unspecified atom stereocenters. The Labute approximate surface area is 166 Å². The maximum absolute atomic E-state index is 14.4. The Morgan fingerprint density at radius 3 is 2.64 bits per heavy atom. The second-order valence-electron chi connectivity index (χ2n) is 11.0. The van der Waals surface area contributed by atoms with Gasteiger partial charge in [-0.05, 0) is 80.7 Å². The minimum atomic E-state index is -0.372. The molecule has 5 saturated carbocycles. The summed E-state index contributed by atoms with van der Waals surface area (Å²) < 4.78 is 14.4. The average Bonchev–Trinajstić information content (AvgIpc) is 3.31. The standard InChI is InChI=1S/C24H31FN2O/c25-15-22-8-17-9-23(12-22,18-4-2-1-3-5-18)14-24(10-17,13-22)21(28)27-20-7-16-6-19(20)26-11-16/h1-5,16-17,19-20,26H,6-15H2,(H,27,28)/t16?,17?,19?,20?,22-,23-,24?/m1/s1. The zero-order valence-electron chi connectivity index (χ0n) is 16.6. The lowest BCUT2D eigenvalue weighted by atomic mass is 9.38. The zero-order valence-corrected chi connectivity index (χ0v) is 16.6. The molecule has 1 aromatic carbocycles. The van der Waals surface area contributed by atoms with Gasteiger partial charge in [0.1, 0.15) is 0 Å². The molecule has 2 N–H and O–H groups in total. The highest BCUT2D eigenvalue weighted by atomic mass is 19.1. The third kappa shape index (κ3) is 2.39. The molecule has 0 aromatic heterocycles. The molecule has 1 aliphatic heterocycles. The molecule has 7 rings (SSSR count). The van der Waals surface area contributed by atoms with Crippen LogP contribution in [0.15, 0.2) is 30.3 Å². The minimum Gasteiger partial charge on any atom is -0.351 e. The maximum Gasteiger partial charge on any atom is 0.226 e. The van der Waals surface area contributed by atoms with E-state index >= 15 is 0 Å². The summed E-state index contributed by atoms with van der Waals surface area (Å²) in [6, 6.07) is 11.4. The van der Waals surface area contributed by atoms with Gasteiger partial charge >= 0.3 is 0 Å². The molecule has 1 aromatic rings. The van der Waals surface area contributed by atoms with E-state index in [1.165, 1.54) is 12.0 Å². The number of halogens is 1. The quantitative estimate of drug-likeness (QED) is 0.833. The number of benzene rings is 1. The average molecular weight is 383 g/mol. The SMILES string of the molecule is O=C(NC1CC2CNC1C2)C12CC3C[C@](CF)(C1)C[C@](c1ccccc1)(C3)C2. The van der Waals surface area contributed by atoms with E-state index in [-0.39, 0.29) is 34.9 Å². The minimum absolute atomic E-state index is 0.0168. The molecule has 6 fully saturated rings. The van der Waals surface area contributed by atoms with Crippen LogP contribution in [-0.2, 0) is 10.2 Å². The lowest BCUT2D eigenvalue weighted by Gasteiger charge is -2.65. The number of hydrogen-bond acceptors (Lipinski definition) is 2. The molecule has 3 nitrogen and oxygen atoms in total. The fourth-order valence-electron chi connectivity index (χ4n) is 8.49. The van der Waals surface area contributed by atoms with Crippen molar-refractivity contribution >= 4 is 5.91 Å². The van der Waals surface area contributed by atoms with E-state index in [9.17, 15) is 9.18 Å². The lowest BCUT2D eigenvalue weighted by molar-refractivity contribution is -0.165. The van der Waals surface area contributed by atoms with Gasteiger partial charge in [0.25, 0.3) is 0 Å². The van der Waals surface area contributed by atoms with Gasteiger partial charge < -0.3 is 10.6 Å². The number of fused-ring (bicyclic) bond motifs is 2. The Bertz CT molecular complexity index is 799. The van der Waals surface area contributed by atoms with Crippen molar-refractivity contribution in [3.05, 3.63) is 35.9 Å². The van der Waals surface area contributed by atoms with Crippen LogP contribution in [-0.4, -0.2) is 31.2 Å². The molecule has 5 aliphatic carbocycles. The normalized spacial score (nSPS) is 48.2. The van der Waals surface area contributed by atoms with Gasteiger partial charge in [-0.25, -0.2) is 0 Å². The molecule has 150 valence electrons. The van der Waals surface area contributed by atoms with Crippen molar-refractivity contribution in [1.29, 1.82) is 0 Å². The monoisotopic (exact) mass is 382 g/mol. The molecule has 4 heteroatoms. The van der Waals surface area contributed by atoms with Crippen LogP contribution in [0.2, 0.25) is 0 Å². The van der Waals surface area contributed by atoms with Crippen molar-refractivity contribution in [2.45, 2.75) is 68.9 Å². The number of rotatable bonds is 4. The highest BCUT2D eigenvalue weighted by Gasteiger charge is 2.66. The van der Waals surface area contributed by atoms with Gasteiger partial charge in [-0.2, -0.15) is 0 Å². The first-order valence-corrected chi connectivity index (χ1v) is 11.2. The molecule has 6 bridgehead atoms. The maximum atomic E-state index is 14.4. The van der Waals surface area contributed by atoms with Gasteiger partial charge in [-0.15, -0.1) is 0 Å². The smallest absolute Gasteiger partial charge is 0.226 e. The Morgan fingerprint density at radius 2 is 1.93 bits per heavy atom. The summed E-state index contributed by atoms with van der Waals surface area (Å²) in [5, 5.41) is 7.02. The van der Waals surface area contributed by atoms with Crippen LogP contribution in [0.25, 0.3) is 0 Å². The molecule has 6 aliphatic rings. The van der Waals surface area contributed by atoms with Gasteiger partial charge in [0.05, 0.1) is 12.1 Å². The highest BCUT2D eigenvalue weighted by Crippen LogP contribution is 2.70. The molecular weight excluding hydrogens is 351 g/mol. The largest absolute Gasteiger partial charge is 0.351 e. The number of amides is 1. The summed E-state index contributed by atoms with van der Waals surface area (Å²) in [4.78, 5) is 13.7. The third-order valence-corrected chi connectivity index (χ3v) is 8.98. The fraction of sp³-hybridized carbons (Fsp3) is 0.708. The first-order chi connectivity index (χ1) is 13.5.